The molecule has 0 heterocycles. The van der Waals surface area contributed by atoms with Crippen LogP contribution in [0.5, 0.6) is 0 Å². The molecule has 0 saturated carbocycles. The fourth-order valence-corrected chi connectivity index (χ4v) is 1.56. The highest BCUT2D eigenvalue weighted by Crippen LogP contribution is 2.10. The highest BCUT2D eigenvalue weighted by atomic mass is 16.4. The largest absolute Gasteiger partial charge is 0.480 e. The molecule has 18 heavy (non-hydrogen) atoms. The standard InChI is InChI=1S/C13H18N2O3/c1-3-11(12(16)17)15-13(18)14-9(2)10-7-5-4-6-8-10/h4-9,11H,3H2,1-2H3,(H,16,17)(H2,14,15,18)/t9?,11-/m1/s1. The number of carboxylic acid groups (broad SMARTS) is 1. The maximum atomic E-state index is 11.6. The zero-order valence-corrected chi connectivity index (χ0v) is 10.5. The van der Waals surface area contributed by atoms with Gasteiger partial charge in [0.25, 0.3) is 0 Å². The zero-order valence-electron chi connectivity index (χ0n) is 10.5. The van der Waals surface area contributed by atoms with Gasteiger partial charge in [-0.25, -0.2) is 9.59 Å². The van der Waals surface area contributed by atoms with E-state index in [0.717, 1.165) is 5.56 Å². The van der Waals surface area contributed by atoms with Crippen molar-refractivity contribution in [1.29, 1.82) is 0 Å². The molecular weight excluding hydrogens is 232 g/mol. The van der Waals surface area contributed by atoms with Gasteiger partial charge in [-0.05, 0) is 18.9 Å². The first kappa shape index (κ1) is 14.0. The second kappa shape index (κ2) is 6.64. The Hall–Kier alpha value is -2.04. The molecule has 0 aliphatic rings. The fourth-order valence-electron chi connectivity index (χ4n) is 1.56. The third-order valence-corrected chi connectivity index (χ3v) is 2.66. The number of carbonyl (C=O) groups excluding carboxylic acids is 1. The Morgan fingerprint density at radius 1 is 1.22 bits per heavy atom. The Morgan fingerprint density at radius 3 is 2.33 bits per heavy atom. The van der Waals surface area contributed by atoms with Crippen molar-refractivity contribution in [3.63, 3.8) is 0 Å². The first-order valence-corrected chi connectivity index (χ1v) is 5.89. The molecule has 2 atom stereocenters. The van der Waals surface area contributed by atoms with Crippen molar-refractivity contribution >= 4 is 12.0 Å². The van der Waals surface area contributed by atoms with Crippen molar-refractivity contribution in [2.45, 2.75) is 32.4 Å². The Balaban J connectivity index is 2.52. The molecule has 0 radical (unpaired) electrons. The summed E-state index contributed by atoms with van der Waals surface area (Å²) >= 11 is 0. The number of urea groups is 1. The number of aliphatic carboxylic acids is 1. The molecule has 0 aliphatic heterocycles. The quantitative estimate of drug-likeness (QED) is 0.747. The Morgan fingerprint density at radius 2 is 1.83 bits per heavy atom. The SMILES string of the molecule is CC[C@@H](NC(=O)NC(C)c1ccccc1)C(=O)O. The van der Waals surface area contributed by atoms with Gasteiger partial charge in [0.2, 0.25) is 0 Å². The average molecular weight is 250 g/mol. The van der Waals surface area contributed by atoms with E-state index in [2.05, 4.69) is 10.6 Å². The number of carboxylic acids is 1. The second-order valence-corrected chi connectivity index (χ2v) is 4.05. The molecule has 2 amide bonds. The molecule has 0 spiro atoms. The van der Waals surface area contributed by atoms with Gasteiger partial charge in [-0.15, -0.1) is 0 Å². The van der Waals surface area contributed by atoms with Crippen LogP contribution in [-0.2, 0) is 4.79 Å². The van der Waals surface area contributed by atoms with Gasteiger partial charge in [0.1, 0.15) is 6.04 Å². The second-order valence-electron chi connectivity index (χ2n) is 4.05. The molecule has 0 aliphatic carbocycles. The summed E-state index contributed by atoms with van der Waals surface area (Å²) in [5.74, 6) is -1.03. The van der Waals surface area contributed by atoms with E-state index in [4.69, 9.17) is 5.11 Å². The van der Waals surface area contributed by atoms with Crippen LogP contribution < -0.4 is 10.6 Å². The Bertz CT molecular complexity index is 406. The van der Waals surface area contributed by atoms with Crippen LogP contribution in [0.4, 0.5) is 4.79 Å². The van der Waals surface area contributed by atoms with Crippen molar-refractivity contribution < 1.29 is 14.7 Å². The zero-order chi connectivity index (χ0) is 13.5. The summed E-state index contributed by atoms with van der Waals surface area (Å²) < 4.78 is 0. The highest BCUT2D eigenvalue weighted by Gasteiger charge is 2.18. The van der Waals surface area contributed by atoms with E-state index in [1.807, 2.05) is 37.3 Å². The molecule has 0 fully saturated rings. The molecular formula is C13H18N2O3. The van der Waals surface area contributed by atoms with Crippen LogP contribution in [0.3, 0.4) is 0 Å². The van der Waals surface area contributed by atoms with Crippen LogP contribution in [-0.4, -0.2) is 23.1 Å². The third-order valence-electron chi connectivity index (χ3n) is 2.66. The average Bonchev–Trinajstić information content (AvgIpc) is 2.36. The molecule has 5 nitrogen and oxygen atoms in total. The lowest BCUT2D eigenvalue weighted by Crippen LogP contribution is -2.46. The number of hydrogen-bond acceptors (Lipinski definition) is 2. The van der Waals surface area contributed by atoms with E-state index in [-0.39, 0.29) is 6.04 Å². The normalized spacial score (nSPS) is 13.4. The van der Waals surface area contributed by atoms with Gasteiger partial charge >= 0.3 is 12.0 Å². The molecule has 1 aromatic rings. The van der Waals surface area contributed by atoms with Gasteiger partial charge in [-0.3, -0.25) is 0 Å². The number of carbonyl (C=O) groups is 2. The monoisotopic (exact) mass is 250 g/mol. The van der Waals surface area contributed by atoms with Gasteiger partial charge in [0.05, 0.1) is 6.04 Å². The van der Waals surface area contributed by atoms with Crippen LogP contribution in [0.1, 0.15) is 31.9 Å². The molecule has 98 valence electrons. The van der Waals surface area contributed by atoms with Crippen LogP contribution in [0.15, 0.2) is 30.3 Å². The molecule has 0 saturated heterocycles. The van der Waals surface area contributed by atoms with Crippen LogP contribution in [0.25, 0.3) is 0 Å². The van der Waals surface area contributed by atoms with E-state index in [0.29, 0.717) is 6.42 Å². The van der Waals surface area contributed by atoms with Gasteiger partial charge in [0, 0.05) is 0 Å². The first-order chi connectivity index (χ1) is 8.54. The Labute approximate surface area is 106 Å². The molecule has 0 bridgehead atoms. The van der Waals surface area contributed by atoms with E-state index >= 15 is 0 Å². The fraction of sp³-hybridized carbons (Fsp3) is 0.385. The summed E-state index contributed by atoms with van der Waals surface area (Å²) in [5, 5.41) is 14.0. The lowest BCUT2D eigenvalue weighted by molar-refractivity contribution is -0.139. The molecule has 3 N–H and O–H groups in total. The number of benzene rings is 1. The smallest absolute Gasteiger partial charge is 0.326 e. The first-order valence-electron chi connectivity index (χ1n) is 5.89. The molecule has 0 aromatic heterocycles. The van der Waals surface area contributed by atoms with Crippen LogP contribution >= 0.6 is 0 Å². The number of rotatable bonds is 5. The molecule has 1 rings (SSSR count). The van der Waals surface area contributed by atoms with Gasteiger partial charge < -0.3 is 15.7 Å². The molecule has 1 aromatic carbocycles. The number of hydrogen-bond donors (Lipinski definition) is 3. The van der Waals surface area contributed by atoms with Gasteiger partial charge in [-0.2, -0.15) is 0 Å². The van der Waals surface area contributed by atoms with E-state index in [1.165, 1.54) is 0 Å². The van der Waals surface area contributed by atoms with Crippen LogP contribution in [0.2, 0.25) is 0 Å². The van der Waals surface area contributed by atoms with Crippen molar-refractivity contribution in [1.82, 2.24) is 10.6 Å². The molecule has 1 unspecified atom stereocenters. The summed E-state index contributed by atoms with van der Waals surface area (Å²) in [6.45, 7) is 3.55. The summed E-state index contributed by atoms with van der Waals surface area (Å²) in [5.41, 5.74) is 0.969. The third kappa shape index (κ3) is 4.08. The number of amides is 2. The van der Waals surface area contributed by atoms with Gasteiger partial charge in [-0.1, -0.05) is 37.3 Å². The minimum Gasteiger partial charge on any atom is -0.480 e. The van der Waals surface area contributed by atoms with E-state index in [1.54, 1.807) is 6.92 Å². The predicted molar refractivity (Wildman–Crippen MR) is 68.2 cm³/mol. The molecule has 5 heteroatoms. The predicted octanol–water partition coefficient (Wildman–Crippen LogP) is 1.91. The topological polar surface area (TPSA) is 78.4 Å². The summed E-state index contributed by atoms with van der Waals surface area (Å²) in [6, 6.07) is 7.98. The minimum atomic E-state index is -1.03. The highest BCUT2D eigenvalue weighted by molar-refractivity contribution is 5.82. The van der Waals surface area contributed by atoms with E-state index in [9.17, 15) is 9.59 Å². The Kier molecular flexibility index (Phi) is 5.17. The summed E-state index contributed by atoms with van der Waals surface area (Å²) in [4.78, 5) is 22.4. The summed E-state index contributed by atoms with van der Waals surface area (Å²) in [7, 11) is 0. The van der Waals surface area contributed by atoms with Crippen molar-refractivity contribution in [2.24, 2.45) is 0 Å². The number of nitrogens with one attached hydrogen (secondary N) is 2. The summed E-state index contributed by atoms with van der Waals surface area (Å²) in [6.07, 6.45) is 0.350. The van der Waals surface area contributed by atoms with Crippen molar-refractivity contribution in [3.05, 3.63) is 35.9 Å². The van der Waals surface area contributed by atoms with Crippen molar-refractivity contribution in [2.75, 3.05) is 0 Å². The van der Waals surface area contributed by atoms with Gasteiger partial charge in [0.15, 0.2) is 0 Å². The van der Waals surface area contributed by atoms with Crippen LogP contribution in [0, 0.1) is 0 Å². The maximum absolute atomic E-state index is 11.6. The van der Waals surface area contributed by atoms with Crippen molar-refractivity contribution in [3.8, 4) is 0 Å². The minimum absolute atomic E-state index is 0.169. The lowest BCUT2D eigenvalue weighted by Gasteiger charge is -2.17. The van der Waals surface area contributed by atoms with E-state index < -0.39 is 18.0 Å². The maximum Gasteiger partial charge on any atom is 0.326 e. The lowest BCUT2D eigenvalue weighted by atomic mass is 10.1.